The lowest BCUT2D eigenvalue weighted by Gasteiger charge is -2.21. The van der Waals surface area contributed by atoms with Crippen molar-refractivity contribution in [2.24, 2.45) is 0 Å². The molecule has 2 atom stereocenters. The molecule has 4 N–H and O–H groups in total. The number of ether oxygens (including phenoxy) is 1. The third kappa shape index (κ3) is 5.07. The van der Waals surface area contributed by atoms with Crippen LogP contribution in [0.1, 0.15) is 34.3 Å². The Labute approximate surface area is 201 Å². The van der Waals surface area contributed by atoms with Crippen LogP contribution in [-0.2, 0) is 16.0 Å². The molecule has 34 heavy (non-hydrogen) atoms. The molecule has 0 saturated carbocycles. The number of nitrogens with one attached hydrogen (secondary N) is 1. The van der Waals surface area contributed by atoms with E-state index in [0.29, 0.717) is 10.6 Å². The number of aliphatic carboxylic acids is 1. The molecule has 0 fully saturated rings. The standard InChI is InChI=1S/C26H24ClNO6/c27-16-10-9-15(11-24(30)31)21(12-16)25(32)23(29)13-28-26(33)34-14-22-19-7-3-1-5-17(19)18-6-2-4-8-20(18)22/h1-10,12,22-23,25,29,32H,11,13-14H2,(H,28,33)(H,30,31). The molecule has 1 aliphatic rings. The molecule has 0 heterocycles. The molecular formula is C26H24ClNO6. The summed E-state index contributed by atoms with van der Waals surface area (Å²) in [6.07, 6.45) is -3.91. The van der Waals surface area contributed by atoms with Crippen molar-refractivity contribution in [3.63, 3.8) is 0 Å². The normalized spacial score (nSPS) is 14.1. The molecule has 0 radical (unpaired) electrons. The molecule has 1 amide bonds. The maximum absolute atomic E-state index is 12.3. The molecule has 0 aromatic heterocycles. The van der Waals surface area contributed by atoms with Gasteiger partial charge in [-0.05, 0) is 45.5 Å². The van der Waals surface area contributed by atoms with Crippen LogP contribution in [0.25, 0.3) is 11.1 Å². The average Bonchev–Trinajstić information content (AvgIpc) is 3.15. The Morgan fingerprint density at radius 2 is 1.59 bits per heavy atom. The van der Waals surface area contributed by atoms with Gasteiger partial charge in [-0.2, -0.15) is 0 Å². The van der Waals surface area contributed by atoms with Gasteiger partial charge >= 0.3 is 12.1 Å². The Balaban J connectivity index is 1.36. The first-order valence-electron chi connectivity index (χ1n) is 10.8. The summed E-state index contributed by atoms with van der Waals surface area (Å²) in [5.74, 6) is -1.18. The van der Waals surface area contributed by atoms with E-state index in [2.05, 4.69) is 5.32 Å². The van der Waals surface area contributed by atoms with Gasteiger partial charge in [0.15, 0.2) is 0 Å². The first kappa shape index (κ1) is 23.8. The minimum atomic E-state index is -1.44. The summed E-state index contributed by atoms with van der Waals surface area (Å²) in [7, 11) is 0. The molecule has 176 valence electrons. The van der Waals surface area contributed by atoms with E-state index in [1.807, 2.05) is 48.5 Å². The van der Waals surface area contributed by atoms with Gasteiger partial charge in [0.05, 0.1) is 6.42 Å². The zero-order valence-corrected chi connectivity index (χ0v) is 18.9. The first-order chi connectivity index (χ1) is 16.3. The Bertz CT molecular complexity index is 1170. The van der Waals surface area contributed by atoms with E-state index in [1.54, 1.807) is 0 Å². The molecule has 0 saturated heterocycles. The van der Waals surface area contributed by atoms with Crippen molar-refractivity contribution in [2.45, 2.75) is 24.5 Å². The molecule has 7 nitrogen and oxygen atoms in total. The van der Waals surface area contributed by atoms with Crippen molar-refractivity contribution in [1.82, 2.24) is 5.32 Å². The van der Waals surface area contributed by atoms with E-state index in [-0.39, 0.29) is 31.1 Å². The maximum atomic E-state index is 12.3. The number of hydrogen-bond donors (Lipinski definition) is 4. The van der Waals surface area contributed by atoms with Crippen LogP contribution in [0.3, 0.4) is 0 Å². The van der Waals surface area contributed by atoms with Gasteiger partial charge in [0.2, 0.25) is 0 Å². The Hall–Kier alpha value is -3.39. The zero-order chi connectivity index (χ0) is 24.2. The smallest absolute Gasteiger partial charge is 0.407 e. The van der Waals surface area contributed by atoms with Gasteiger partial charge in [0.25, 0.3) is 0 Å². The number of carboxylic acids is 1. The van der Waals surface area contributed by atoms with Crippen LogP contribution in [-0.4, -0.2) is 46.6 Å². The van der Waals surface area contributed by atoms with Crippen LogP contribution < -0.4 is 5.32 Å². The van der Waals surface area contributed by atoms with E-state index in [1.165, 1.54) is 18.2 Å². The number of alkyl carbamates (subject to hydrolysis) is 1. The number of aliphatic hydroxyl groups excluding tert-OH is 2. The predicted octanol–water partition coefficient (Wildman–Crippen LogP) is 3.90. The number of carboxylic acid groups (broad SMARTS) is 1. The lowest BCUT2D eigenvalue weighted by Crippen LogP contribution is -2.36. The number of carbonyl (C=O) groups excluding carboxylic acids is 1. The fourth-order valence-electron chi connectivity index (χ4n) is 4.32. The number of carbonyl (C=O) groups is 2. The lowest BCUT2D eigenvalue weighted by atomic mass is 9.96. The van der Waals surface area contributed by atoms with Gasteiger partial charge in [-0.15, -0.1) is 0 Å². The Morgan fingerprint density at radius 1 is 0.971 bits per heavy atom. The van der Waals surface area contributed by atoms with Gasteiger partial charge in [-0.25, -0.2) is 4.79 Å². The average molecular weight is 482 g/mol. The molecule has 0 aliphatic heterocycles. The number of halogens is 1. The molecule has 0 bridgehead atoms. The number of hydrogen-bond acceptors (Lipinski definition) is 5. The van der Waals surface area contributed by atoms with Crippen molar-refractivity contribution in [1.29, 1.82) is 0 Å². The van der Waals surface area contributed by atoms with Gasteiger partial charge in [0.1, 0.15) is 18.8 Å². The fraction of sp³-hybridized carbons (Fsp3) is 0.231. The third-order valence-electron chi connectivity index (χ3n) is 5.93. The lowest BCUT2D eigenvalue weighted by molar-refractivity contribution is -0.136. The van der Waals surface area contributed by atoms with E-state index in [0.717, 1.165) is 22.3 Å². The quantitative estimate of drug-likeness (QED) is 0.388. The second-order valence-electron chi connectivity index (χ2n) is 8.13. The topological polar surface area (TPSA) is 116 Å². The minimum absolute atomic E-state index is 0.0984. The SMILES string of the molecule is O=C(O)Cc1ccc(Cl)cc1C(O)C(O)CNC(=O)OCC1c2ccccc2-c2ccccc21. The van der Waals surface area contributed by atoms with Crippen molar-refractivity contribution in [3.05, 3.63) is 94.0 Å². The number of rotatable bonds is 8. The highest BCUT2D eigenvalue weighted by Crippen LogP contribution is 2.44. The van der Waals surface area contributed by atoms with Gasteiger partial charge < -0.3 is 25.4 Å². The maximum Gasteiger partial charge on any atom is 0.407 e. The van der Waals surface area contributed by atoms with Gasteiger partial charge in [-0.3, -0.25) is 4.79 Å². The van der Waals surface area contributed by atoms with Crippen molar-refractivity contribution >= 4 is 23.7 Å². The van der Waals surface area contributed by atoms with E-state index < -0.39 is 24.3 Å². The molecule has 1 aliphatic carbocycles. The van der Waals surface area contributed by atoms with Crippen LogP contribution in [0.15, 0.2) is 66.7 Å². The number of benzene rings is 3. The summed E-state index contributed by atoms with van der Waals surface area (Å²) in [5, 5.41) is 32.8. The highest BCUT2D eigenvalue weighted by atomic mass is 35.5. The van der Waals surface area contributed by atoms with E-state index in [4.69, 9.17) is 21.4 Å². The van der Waals surface area contributed by atoms with Crippen LogP contribution in [0.5, 0.6) is 0 Å². The van der Waals surface area contributed by atoms with Crippen molar-refractivity contribution < 1.29 is 29.6 Å². The van der Waals surface area contributed by atoms with Crippen molar-refractivity contribution in [3.8, 4) is 11.1 Å². The van der Waals surface area contributed by atoms with Crippen LogP contribution in [0.2, 0.25) is 5.02 Å². The number of amides is 1. The summed E-state index contributed by atoms with van der Waals surface area (Å²) < 4.78 is 5.43. The monoisotopic (exact) mass is 481 g/mol. The highest BCUT2D eigenvalue weighted by molar-refractivity contribution is 6.30. The summed E-state index contributed by atoms with van der Waals surface area (Å²) >= 11 is 5.98. The molecule has 3 aromatic carbocycles. The largest absolute Gasteiger partial charge is 0.481 e. The second-order valence-corrected chi connectivity index (χ2v) is 8.57. The molecule has 2 unspecified atom stereocenters. The molecule has 8 heteroatoms. The molecule has 4 rings (SSSR count). The summed E-state index contributed by atoms with van der Waals surface area (Å²) in [6, 6.07) is 20.4. The molecular weight excluding hydrogens is 458 g/mol. The van der Waals surface area contributed by atoms with Crippen LogP contribution >= 0.6 is 11.6 Å². The minimum Gasteiger partial charge on any atom is -0.481 e. The number of aliphatic hydroxyl groups is 2. The summed E-state index contributed by atoms with van der Waals surface area (Å²) in [4.78, 5) is 23.4. The molecule has 0 spiro atoms. The summed E-state index contributed by atoms with van der Waals surface area (Å²) in [6.45, 7) is -0.174. The molecule has 3 aromatic rings. The predicted molar refractivity (Wildman–Crippen MR) is 127 cm³/mol. The Morgan fingerprint density at radius 3 is 2.21 bits per heavy atom. The number of fused-ring (bicyclic) bond motifs is 3. The second kappa shape index (κ2) is 10.3. The van der Waals surface area contributed by atoms with E-state index >= 15 is 0 Å². The van der Waals surface area contributed by atoms with Gasteiger partial charge in [-0.1, -0.05) is 66.2 Å². The third-order valence-corrected chi connectivity index (χ3v) is 6.17. The van der Waals surface area contributed by atoms with Gasteiger partial charge in [0, 0.05) is 17.5 Å². The van der Waals surface area contributed by atoms with Crippen LogP contribution in [0, 0.1) is 0 Å². The van der Waals surface area contributed by atoms with Crippen molar-refractivity contribution in [2.75, 3.05) is 13.2 Å². The Kier molecular flexibility index (Phi) is 7.17. The first-order valence-corrected chi connectivity index (χ1v) is 11.2. The zero-order valence-electron chi connectivity index (χ0n) is 18.1. The fourth-order valence-corrected chi connectivity index (χ4v) is 4.50. The van der Waals surface area contributed by atoms with Crippen LogP contribution in [0.4, 0.5) is 4.79 Å². The van der Waals surface area contributed by atoms with E-state index in [9.17, 15) is 19.8 Å². The highest BCUT2D eigenvalue weighted by Gasteiger charge is 2.29. The summed E-state index contributed by atoms with van der Waals surface area (Å²) in [5.41, 5.74) is 4.91.